The van der Waals surface area contributed by atoms with E-state index in [9.17, 15) is 30.0 Å². The number of rotatable bonds is 24. The van der Waals surface area contributed by atoms with E-state index in [2.05, 4.69) is 13.8 Å². The van der Waals surface area contributed by atoms with Gasteiger partial charge in [0.25, 0.3) is 0 Å². The maximum absolute atomic E-state index is 12.2. The maximum Gasteiger partial charge on any atom is 0.305 e. The van der Waals surface area contributed by atoms with Gasteiger partial charge in [-0.05, 0) is 12.8 Å². The minimum atomic E-state index is -1.24. The number of ether oxygens (including phenoxy) is 3. The van der Waals surface area contributed by atoms with Crippen LogP contribution in [0, 0.1) is 10.8 Å². The zero-order chi connectivity index (χ0) is 26.4. The molecule has 9 heteroatoms. The SMILES string of the molecule is CCCCCCCC(=O)OCC(CO)(COCC(CO)(CO)CO)COC(=O)CCCCCCC. The lowest BCUT2D eigenvalue weighted by Crippen LogP contribution is -2.45. The Kier molecular flexibility index (Phi) is 20.1. The van der Waals surface area contributed by atoms with Crippen LogP contribution in [0.5, 0.6) is 0 Å². The van der Waals surface area contributed by atoms with Gasteiger partial charge in [-0.15, -0.1) is 0 Å². The number of hydrogen-bond donors (Lipinski definition) is 4. The Balaban J connectivity index is 4.93. The smallest absolute Gasteiger partial charge is 0.305 e. The summed E-state index contributed by atoms with van der Waals surface area (Å²) in [5, 5.41) is 38.6. The summed E-state index contributed by atoms with van der Waals surface area (Å²) in [5.74, 6) is -0.783. The third kappa shape index (κ3) is 15.5. The molecule has 0 saturated heterocycles. The molecular weight excluding hydrogens is 456 g/mol. The molecule has 208 valence electrons. The van der Waals surface area contributed by atoms with Gasteiger partial charge >= 0.3 is 11.9 Å². The van der Waals surface area contributed by atoms with Crippen molar-refractivity contribution in [2.45, 2.75) is 90.9 Å². The summed E-state index contributed by atoms with van der Waals surface area (Å²) in [6.07, 6.45) is 10.5. The van der Waals surface area contributed by atoms with Gasteiger partial charge in [-0.1, -0.05) is 65.2 Å². The fourth-order valence-corrected chi connectivity index (χ4v) is 3.39. The van der Waals surface area contributed by atoms with Crippen molar-refractivity contribution in [1.29, 1.82) is 0 Å². The van der Waals surface area contributed by atoms with E-state index < -0.39 is 49.2 Å². The van der Waals surface area contributed by atoms with Gasteiger partial charge in [0, 0.05) is 12.8 Å². The quantitative estimate of drug-likeness (QED) is 0.115. The fraction of sp³-hybridized carbons (Fsp3) is 0.923. The van der Waals surface area contributed by atoms with Crippen LogP contribution in [-0.2, 0) is 23.8 Å². The third-order valence-electron chi connectivity index (χ3n) is 6.21. The molecule has 9 nitrogen and oxygen atoms in total. The van der Waals surface area contributed by atoms with Crippen LogP contribution >= 0.6 is 0 Å². The first-order valence-electron chi connectivity index (χ1n) is 13.2. The van der Waals surface area contributed by atoms with Crippen molar-refractivity contribution in [3.8, 4) is 0 Å². The van der Waals surface area contributed by atoms with Gasteiger partial charge in [0.2, 0.25) is 0 Å². The highest BCUT2D eigenvalue weighted by molar-refractivity contribution is 5.69. The second-order valence-electron chi connectivity index (χ2n) is 9.78. The number of hydrogen-bond acceptors (Lipinski definition) is 9. The van der Waals surface area contributed by atoms with Crippen LogP contribution in [0.25, 0.3) is 0 Å². The van der Waals surface area contributed by atoms with E-state index in [4.69, 9.17) is 14.2 Å². The zero-order valence-electron chi connectivity index (χ0n) is 22.0. The topological polar surface area (TPSA) is 143 Å². The predicted molar refractivity (Wildman–Crippen MR) is 133 cm³/mol. The molecule has 4 N–H and O–H groups in total. The van der Waals surface area contributed by atoms with Crippen LogP contribution in [0.2, 0.25) is 0 Å². The molecule has 0 unspecified atom stereocenters. The molecule has 0 saturated carbocycles. The van der Waals surface area contributed by atoms with Gasteiger partial charge in [0.05, 0.1) is 50.5 Å². The molecule has 0 spiro atoms. The number of esters is 2. The Morgan fingerprint density at radius 2 is 0.914 bits per heavy atom. The van der Waals surface area contributed by atoms with Crippen LogP contribution in [0.4, 0.5) is 0 Å². The minimum absolute atomic E-state index is 0.154. The lowest BCUT2D eigenvalue weighted by molar-refractivity contribution is -0.163. The molecule has 35 heavy (non-hydrogen) atoms. The highest BCUT2D eigenvalue weighted by atomic mass is 16.6. The first-order valence-corrected chi connectivity index (χ1v) is 13.2. The Morgan fingerprint density at radius 3 is 1.29 bits per heavy atom. The van der Waals surface area contributed by atoms with Crippen molar-refractivity contribution in [3.05, 3.63) is 0 Å². The van der Waals surface area contributed by atoms with Gasteiger partial charge in [-0.25, -0.2) is 0 Å². The van der Waals surface area contributed by atoms with Crippen molar-refractivity contribution in [2.75, 3.05) is 52.9 Å². The second kappa shape index (κ2) is 20.9. The van der Waals surface area contributed by atoms with Crippen molar-refractivity contribution in [2.24, 2.45) is 10.8 Å². The zero-order valence-corrected chi connectivity index (χ0v) is 22.0. The molecule has 0 heterocycles. The first-order chi connectivity index (χ1) is 16.9. The fourth-order valence-electron chi connectivity index (χ4n) is 3.39. The predicted octanol–water partition coefficient (Wildman–Crippen LogP) is 2.75. The molecule has 0 aliphatic rings. The van der Waals surface area contributed by atoms with Crippen LogP contribution in [0.15, 0.2) is 0 Å². The Bertz CT molecular complexity index is 497. The maximum atomic E-state index is 12.2. The van der Waals surface area contributed by atoms with Crippen molar-refractivity contribution < 1.29 is 44.2 Å². The molecule has 0 aromatic heterocycles. The summed E-state index contributed by atoms with van der Waals surface area (Å²) in [6.45, 7) is 1.55. The average Bonchev–Trinajstić information content (AvgIpc) is 2.88. The standard InChI is InChI=1S/C26H50O9/c1-3-5-7-9-11-13-23(31)34-21-26(18-30,20-33-19-25(15-27,16-28)17-29)22-35-24(32)14-12-10-8-6-4-2/h27-30H,3-22H2,1-2H3. The minimum Gasteiger partial charge on any atom is -0.465 e. The summed E-state index contributed by atoms with van der Waals surface area (Å²) < 4.78 is 16.4. The molecule has 0 radical (unpaired) electrons. The Morgan fingerprint density at radius 1 is 0.543 bits per heavy atom. The molecule has 0 aliphatic carbocycles. The van der Waals surface area contributed by atoms with Gasteiger partial charge in [-0.2, -0.15) is 0 Å². The molecule has 0 aromatic rings. The van der Waals surface area contributed by atoms with E-state index >= 15 is 0 Å². The van der Waals surface area contributed by atoms with Crippen molar-refractivity contribution in [1.82, 2.24) is 0 Å². The van der Waals surface area contributed by atoms with E-state index in [0.29, 0.717) is 0 Å². The summed E-state index contributed by atoms with van der Waals surface area (Å²) in [5.41, 5.74) is -2.44. The van der Waals surface area contributed by atoms with E-state index in [1.54, 1.807) is 0 Å². The van der Waals surface area contributed by atoms with E-state index in [1.807, 2.05) is 0 Å². The molecule has 0 atom stereocenters. The summed E-state index contributed by atoms with van der Waals surface area (Å²) >= 11 is 0. The highest BCUT2D eigenvalue weighted by Gasteiger charge is 2.36. The van der Waals surface area contributed by atoms with Gasteiger partial charge in [0.15, 0.2) is 0 Å². The Hall–Kier alpha value is -1.26. The van der Waals surface area contributed by atoms with E-state index in [1.165, 1.54) is 0 Å². The summed E-state index contributed by atoms with van der Waals surface area (Å²) in [6, 6.07) is 0. The number of carbonyl (C=O) groups is 2. The van der Waals surface area contributed by atoms with Gasteiger partial charge < -0.3 is 34.6 Å². The first kappa shape index (κ1) is 33.7. The molecule has 0 rings (SSSR count). The van der Waals surface area contributed by atoms with Crippen LogP contribution in [0.1, 0.15) is 90.9 Å². The second-order valence-corrected chi connectivity index (χ2v) is 9.78. The van der Waals surface area contributed by atoms with Crippen molar-refractivity contribution in [3.63, 3.8) is 0 Å². The largest absolute Gasteiger partial charge is 0.465 e. The highest BCUT2D eigenvalue weighted by Crippen LogP contribution is 2.23. The van der Waals surface area contributed by atoms with Gasteiger partial charge in [-0.3, -0.25) is 9.59 Å². The lowest BCUT2D eigenvalue weighted by Gasteiger charge is -2.33. The van der Waals surface area contributed by atoms with Crippen LogP contribution in [-0.4, -0.2) is 85.2 Å². The number of aliphatic hydroxyl groups excluding tert-OH is 4. The average molecular weight is 507 g/mol. The third-order valence-corrected chi connectivity index (χ3v) is 6.21. The normalized spacial score (nSPS) is 12.1. The molecule has 0 aromatic carbocycles. The number of carbonyl (C=O) groups excluding carboxylic acids is 2. The monoisotopic (exact) mass is 506 g/mol. The van der Waals surface area contributed by atoms with Crippen LogP contribution < -0.4 is 0 Å². The molecular formula is C26H50O9. The van der Waals surface area contributed by atoms with E-state index in [-0.39, 0.29) is 39.3 Å². The van der Waals surface area contributed by atoms with E-state index in [0.717, 1.165) is 64.2 Å². The van der Waals surface area contributed by atoms with Gasteiger partial charge in [0.1, 0.15) is 13.2 Å². The van der Waals surface area contributed by atoms with Crippen molar-refractivity contribution >= 4 is 11.9 Å². The number of unbranched alkanes of at least 4 members (excludes halogenated alkanes) is 8. The van der Waals surface area contributed by atoms with Crippen LogP contribution in [0.3, 0.4) is 0 Å². The molecule has 0 amide bonds. The Labute approximate surface area is 211 Å². The number of aliphatic hydroxyl groups is 4. The molecule has 0 fully saturated rings. The summed E-state index contributed by atoms with van der Waals surface area (Å²) in [7, 11) is 0. The molecule has 0 bridgehead atoms. The summed E-state index contributed by atoms with van der Waals surface area (Å²) in [4.78, 5) is 24.4. The molecule has 0 aliphatic heterocycles. The lowest BCUT2D eigenvalue weighted by atomic mass is 9.90.